The predicted octanol–water partition coefficient (Wildman–Crippen LogP) is 2.59. The van der Waals surface area contributed by atoms with Gasteiger partial charge in [-0.25, -0.2) is 8.42 Å². The number of fused-ring (bicyclic) bond motifs is 1. The fourth-order valence-corrected chi connectivity index (χ4v) is 5.26. The first-order valence-corrected chi connectivity index (χ1v) is 11.1. The van der Waals surface area contributed by atoms with Crippen LogP contribution in [0, 0.1) is 12.3 Å². The molecule has 4 rings (SSSR count). The van der Waals surface area contributed by atoms with Crippen molar-refractivity contribution in [2.24, 2.45) is 5.41 Å². The lowest BCUT2D eigenvalue weighted by Crippen LogP contribution is -2.53. The van der Waals surface area contributed by atoms with Crippen LogP contribution in [-0.4, -0.2) is 43.5 Å². The van der Waals surface area contributed by atoms with E-state index in [0.717, 1.165) is 10.9 Å². The van der Waals surface area contributed by atoms with Crippen molar-refractivity contribution < 1.29 is 22.4 Å². The maximum atomic E-state index is 13.1. The summed E-state index contributed by atoms with van der Waals surface area (Å²) >= 11 is 0. The molecule has 150 valence electrons. The van der Waals surface area contributed by atoms with E-state index in [9.17, 15) is 18.0 Å². The van der Waals surface area contributed by atoms with Gasteiger partial charge in [0, 0.05) is 24.0 Å². The van der Waals surface area contributed by atoms with Gasteiger partial charge in [-0.05, 0) is 45.6 Å². The molecule has 0 bridgehead atoms. The Kier molecular flexibility index (Phi) is 4.49. The molecule has 28 heavy (non-hydrogen) atoms. The highest BCUT2D eigenvalue weighted by atomic mass is 32.2. The molecule has 2 heterocycles. The number of nitrogens with one attached hydrogen (secondary N) is 1. The Hall–Kier alpha value is -2.35. The Labute approximate surface area is 164 Å². The van der Waals surface area contributed by atoms with Crippen LogP contribution in [0.3, 0.4) is 0 Å². The summed E-state index contributed by atoms with van der Waals surface area (Å²) in [6, 6.07) is 7.46. The molecular weight excluding hydrogens is 380 g/mol. The number of hydrogen-bond acceptors (Lipinski definition) is 5. The second-order valence-electron chi connectivity index (χ2n) is 8.12. The minimum absolute atomic E-state index is 0.161. The number of aryl methyl sites for hydroxylation is 1. The van der Waals surface area contributed by atoms with Gasteiger partial charge in [-0.3, -0.25) is 14.3 Å². The molecule has 0 radical (unpaired) electrons. The van der Waals surface area contributed by atoms with E-state index in [1.54, 1.807) is 11.8 Å². The van der Waals surface area contributed by atoms with Crippen LogP contribution in [0.2, 0.25) is 0 Å². The molecule has 2 amide bonds. The number of sulfonamides is 1. The van der Waals surface area contributed by atoms with Gasteiger partial charge in [0.1, 0.15) is 5.58 Å². The van der Waals surface area contributed by atoms with E-state index in [-0.39, 0.29) is 18.2 Å². The fraction of sp³-hybridized carbons (Fsp3) is 0.500. The molecule has 1 aliphatic carbocycles. The number of para-hydroxylation sites is 1. The summed E-state index contributed by atoms with van der Waals surface area (Å²) < 4.78 is 32.3. The van der Waals surface area contributed by atoms with E-state index >= 15 is 0 Å². The van der Waals surface area contributed by atoms with Crippen LogP contribution in [0.1, 0.15) is 48.7 Å². The zero-order chi connectivity index (χ0) is 20.1. The first-order valence-electron chi connectivity index (χ1n) is 9.55. The third-order valence-electron chi connectivity index (χ3n) is 5.77. The zero-order valence-corrected chi connectivity index (χ0v) is 16.8. The van der Waals surface area contributed by atoms with Crippen molar-refractivity contribution in [1.29, 1.82) is 0 Å². The van der Waals surface area contributed by atoms with Crippen molar-refractivity contribution in [3.63, 3.8) is 0 Å². The smallest absolute Gasteiger partial charge is 0.289 e. The van der Waals surface area contributed by atoms with Crippen LogP contribution in [0.5, 0.6) is 0 Å². The number of nitrogens with zero attached hydrogens (tertiary/aromatic N) is 1. The normalized spacial score (nSPS) is 23.0. The lowest BCUT2D eigenvalue weighted by molar-refractivity contribution is -0.130. The van der Waals surface area contributed by atoms with Crippen LogP contribution in [0.4, 0.5) is 0 Å². The van der Waals surface area contributed by atoms with Crippen molar-refractivity contribution in [2.75, 3.05) is 13.1 Å². The Bertz CT molecular complexity index is 1050. The number of benzene rings is 1. The molecule has 2 aromatic rings. The third kappa shape index (κ3) is 3.30. The number of hydrogen-bond donors (Lipinski definition) is 1. The molecule has 1 aliphatic heterocycles. The van der Waals surface area contributed by atoms with Crippen molar-refractivity contribution in [1.82, 2.24) is 9.62 Å². The van der Waals surface area contributed by atoms with Crippen molar-refractivity contribution >= 4 is 32.8 Å². The van der Waals surface area contributed by atoms with E-state index in [1.165, 1.54) is 0 Å². The van der Waals surface area contributed by atoms with Gasteiger partial charge in [0.05, 0.1) is 10.7 Å². The van der Waals surface area contributed by atoms with Crippen molar-refractivity contribution in [3.8, 4) is 0 Å². The molecule has 8 heteroatoms. The van der Waals surface area contributed by atoms with Gasteiger partial charge in [-0.15, -0.1) is 0 Å². The molecule has 0 spiro atoms. The van der Waals surface area contributed by atoms with Gasteiger partial charge < -0.3 is 9.32 Å². The predicted molar refractivity (Wildman–Crippen MR) is 104 cm³/mol. The SMILES string of the molecule is Cc1c(C(=O)N2CCCC(C)(C(=O)NS(=O)(=O)C3CC3)C2)oc2ccccc12. The highest BCUT2D eigenvalue weighted by molar-refractivity contribution is 7.90. The average Bonchev–Trinajstić information content (AvgIpc) is 3.47. The summed E-state index contributed by atoms with van der Waals surface area (Å²) in [6.45, 7) is 4.23. The first kappa shape index (κ1) is 19.0. The number of piperidine rings is 1. The molecule has 1 unspecified atom stereocenters. The Morgan fingerprint density at radius 2 is 1.96 bits per heavy atom. The molecule has 1 aromatic heterocycles. The van der Waals surface area contributed by atoms with Crippen LogP contribution >= 0.6 is 0 Å². The fourth-order valence-electron chi connectivity index (χ4n) is 3.83. The minimum Gasteiger partial charge on any atom is -0.451 e. The maximum Gasteiger partial charge on any atom is 0.289 e. The maximum absolute atomic E-state index is 13.1. The number of amides is 2. The summed E-state index contributed by atoms with van der Waals surface area (Å²) in [7, 11) is -3.61. The van der Waals surface area contributed by atoms with Gasteiger partial charge in [-0.1, -0.05) is 18.2 Å². The minimum atomic E-state index is -3.61. The summed E-state index contributed by atoms with van der Waals surface area (Å²) in [5.74, 6) is -0.521. The largest absolute Gasteiger partial charge is 0.451 e. The molecule has 1 saturated carbocycles. The molecule has 1 saturated heterocycles. The third-order valence-corrected chi connectivity index (χ3v) is 7.59. The lowest BCUT2D eigenvalue weighted by atomic mass is 9.81. The van der Waals surface area contributed by atoms with E-state index in [0.29, 0.717) is 37.8 Å². The summed E-state index contributed by atoms with van der Waals surface area (Å²) in [4.78, 5) is 27.4. The standard InChI is InChI=1S/C20H24N2O5S/c1-13-15-6-3-4-7-16(15)27-17(13)18(23)22-11-5-10-20(2,12-22)19(24)21-28(25,26)14-8-9-14/h3-4,6-7,14H,5,8-12H2,1-2H3,(H,21,24). The monoisotopic (exact) mass is 404 g/mol. The number of furan rings is 1. The van der Waals surface area contributed by atoms with Crippen molar-refractivity contribution in [2.45, 2.75) is 44.8 Å². The van der Waals surface area contributed by atoms with E-state index in [4.69, 9.17) is 4.42 Å². The van der Waals surface area contributed by atoms with Gasteiger partial charge in [0.15, 0.2) is 5.76 Å². The second-order valence-corrected chi connectivity index (χ2v) is 10.1. The summed E-state index contributed by atoms with van der Waals surface area (Å²) in [6.07, 6.45) is 2.34. The molecule has 7 nitrogen and oxygen atoms in total. The van der Waals surface area contributed by atoms with E-state index in [1.807, 2.05) is 31.2 Å². The second kappa shape index (κ2) is 6.62. The topological polar surface area (TPSA) is 96.7 Å². The molecular formula is C20H24N2O5S. The first-order chi connectivity index (χ1) is 13.2. The summed E-state index contributed by atoms with van der Waals surface area (Å²) in [5, 5.41) is 0.429. The molecule has 2 fully saturated rings. The van der Waals surface area contributed by atoms with Gasteiger partial charge >= 0.3 is 0 Å². The number of carbonyl (C=O) groups is 2. The quantitative estimate of drug-likeness (QED) is 0.845. The number of carbonyl (C=O) groups excluding carboxylic acids is 2. The average molecular weight is 404 g/mol. The molecule has 1 atom stereocenters. The van der Waals surface area contributed by atoms with Crippen molar-refractivity contribution in [3.05, 3.63) is 35.6 Å². The Balaban J connectivity index is 1.54. The van der Waals surface area contributed by atoms with Crippen LogP contribution < -0.4 is 4.72 Å². The highest BCUT2D eigenvalue weighted by Gasteiger charge is 2.44. The van der Waals surface area contributed by atoms with Gasteiger partial charge in [0.25, 0.3) is 5.91 Å². The van der Waals surface area contributed by atoms with Crippen LogP contribution in [0.15, 0.2) is 28.7 Å². The molecule has 1 N–H and O–H groups in total. The van der Waals surface area contributed by atoms with Crippen LogP contribution in [0.25, 0.3) is 11.0 Å². The number of likely N-dealkylation sites (tertiary alicyclic amines) is 1. The van der Waals surface area contributed by atoms with Crippen LogP contribution in [-0.2, 0) is 14.8 Å². The number of rotatable bonds is 4. The van der Waals surface area contributed by atoms with E-state index < -0.39 is 26.6 Å². The molecule has 1 aromatic carbocycles. The Morgan fingerprint density at radius 3 is 2.64 bits per heavy atom. The Morgan fingerprint density at radius 1 is 1.25 bits per heavy atom. The summed E-state index contributed by atoms with van der Waals surface area (Å²) in [5.41, 5.74) is 0.473. The zero-order valence-electron chi connectivity index (χ0n) is 16.0. The van der Waals surface area contributed by atoms with E-state index in [2.05, 4.69) is 4.72 Å². The molecule has 2 aliphatic rings. The lowest BCUT2D eigenvalue weighted by Gasteiger charge is -2.38. The van der Waals surface area contributed by atoms with Gasteiger partial charge in [-0.2, -0.15) is 0 Å². The highest BCUT2D eigenvalue weighted by Crippen LogP contribution is 2.34. The van der Waals surface area contributed by atoms with Gasteiger partial charge in [0.2, 0.25) is 15.9 Å².